The molecule has 1 aliphatic carbocycles. The van der Waals surface area contributed by atoms with Crippen molar-refractivity contribution in [1.82, 2.24) is 0 Å². The van der Waals surface area contributed by atoms with Gasteiger partial charge < -0.3 is 0 Å². The van der Waals surface area contributed by atoms with E-state index in [4.69, 9.17) is 0 Å². The Kier molecular flexibility index (Phi) is 6.55. The van der Waals surface area contributed by atoms with Crippen LogP contribution in [0.15, 0.2) is 0 Å². The van der Waals surface area contributed by atoms with Crippen molar-refractivity contribution in [2.75, 3.05) is 0 Å². The van der Waals surface area contributed by atoms with Crippen LogP contribution in [-0.2, 0) is 4.79 Å². The van der Waals surface area contributed by atoms with Crippen molar-refractivity contribution in [3.8, 4) is 0 Å². The summed E-state index contributed by atoms with van der Waals surface area (Å²) in [4.78, 5) is 13.6. The Morgan fingerprint density at radius 3 is 1.26 bits per heavy atom. The van der Waals surface area contributed by atoms with Crippen molar-refractivity contribution in [2.24, 2.45) is 21.7 Å². The zero-order chi connectivity index (χ0) is 17.9. The second kappa shape index (κ2) is 7.28. The summed E-state index contributed by atoms with van der Waals surface area (Å²) in [6.45, 7) is 18.7. The minimum Gasteiger partial charge on any atom is -0.299 e. The summed E-state index contributed by atoms with van der Waals surface area (Å²) < 4.78 is 0. The van der Waals surface area contributed by atoms with Crippen LogP contribution in [0.2, 0.25) is 0 Å². The van der Waals surface area contributed by atoms with E-state index in [0.717, 1.165) is 44.9 Å². The first kappa shape index (κ1) is 20.7. The first-order valence-corrected chi connectivity index (χ1v) is 10.4. The van der Waals surface area contributed by atoms with Crippen molar-refractivity contribution in [3.63, 3.8) is 0 Å². The van der Waals surface area contributed by atoms with E-state index in [-0.39, 0.29) is 21.7 Å². The third-order valence-electron chi connectivity index (χ3n) is 8.85. The van der Waals surface area contributed by atoms with E-state index in [9.17, 15) is 4.79 Å². The number of hydrogen-bond donors (Lipinski definition) is 0. The molecule has 1 fully saturated rings. The van der Waals surface area contributed by atoms with Crippen LogP contribution in [0.3, 0.4) is 0 Å². The maximum absolute atomic E-state index is 13.6. The SMILES string of the molecule is CCC1(CC)CC(=O)C(CC)(CC)C(CC)(CC)C1(CC)CC. The molecule has 0 spiro atoms. The number of carbonyl (C=O) groups is 1. The van der Waals surface area contributed by atoms with E-state index in [0.29, 0.717) is 5.78 Å². The largest absolute Gasteiger partial charge is 0.299 e. The maximum Gasteiger partial charge on any atom is 0.140 e. The van der Waals surface area contributed by atoms with Crippen LogP contribution in [0, 0.1) is 21.7 Å². The normalized spacial score (nSPS) is 24.6. The first-order valence-electron chi connectivity index (χ1n) is 10.4. The molecule has 0 unspecified atom stereocenters. The van der Waals surface area contributed by atoms with Crippen molar-refractivity contribution >= 4 is 5.78 Å². The molecule has 1 aliphatic rings. The van der Waals surface area contributed by atoms with Gasteiger partial charge in [0, 0.05) is 11.8 Å². The van der Waals surface area contributed by atoms with Crippen LogP contribution in [-0.4, -0.2) is 5.78 Å². The average molecular weight is 323 g/mol. The summed E-state index contributed by atoms with van der Waals surface area (Å²) in [5.41, 5.74) is 0.505. The molecule has 0 N–H and O–H groups in total. The lowest BCUT2D eigenvalue weighted by atomic mass is 9.33. The number of hydrogen-bond acceptors (Lipinski definition) is 1. The van der Waals surface area contributed by atoms with Crippen LogP contribution in [0.5, 0.6) is 0 Å². The number of rotatable bonds is 8. The standard InChI is InChI=1S/C22H42O/c1-9-19(10-2)17-18(23)20(11-3,12-4)22(15-7,16-8)21(19,13-5)14-6/h9-17H2,1-8H3. The summed E-state index contributed by atoms with van der Waals surface area (Å²) >= 11 is 0. The highest BCUT2D eigenvalue weighted by Crippen LogP contribution is 2.74. The fraction of sp³-hybridized carbons (Fsp3) is 0.955. The molecule has 0 aromatic heterocycles. The topological polar surface area (TPSA) is 17.1 Å². The second-order valence-electron chi connectivity index (χ2n) is 7.96. The van der Waals surface area contributed by atoms with Gasteiger partial charge >= 0.3 is 0 Å². The molecule has 1 saturated carbocycles. The molecule has 0 aromatic carbocycles. The summed E-state index contributed by atoms with van der Waals surface area (Å²) in [6.07, 6.45) is 9.81. The summed E-state index contributed by atoms with van der Waals surface area (Å²) in [7, 11) is 0. The van der Waals surface area contributed by atoms with Crippen molar-refractivity contribution in [1.29, 1.82) is 0 Å². The van der Waals surface area contributed by atoms with Gasteiger partial charge in [0.05, 0.1) is 0 Å². The average Bonchev–Trinajstić information content (AvgIpc) is 2.60. The lowest BCUT2D eigenvalue weighted by Crippen LogP contribution is -2.67. The molecule has 1 rings (SSSR count). The third-order valence-corrected chi connectivity index (χ3v) is 8.85. The quantitative estimate of drug-likeness (QED) is 0.462. The zero-order valence-electron chi connectivity index (χ0n) is 17.3. The molecule has 0 saturated heterocycles. The van der Waals surface area contributed by atoms with E-state index in [1.165, 1.54) is 12.8 Å². The van der Waals surface area contributed by atoms with E-state index in [1.807, 2.05) is 0 Å². The molecule has 0 aromatic rings. The Balaban J connectivity index is 3.87. The predicted octanol–water partition coefficient (Wildman–Crippen LogP) is 7.18. The van der Waals surface area contributed by atoms with E-state index in [2.05, 4.69) is 55.4 Å². The lowest BCUT2D eigenvalue weighted by molar-refractivity contribution is -0.216. The molecule has 23 heavy (non-hydrogen) atoms. The van der Waals surface area contributed by atoms with Gasteiger partial charge in [-0.05, 0) is 67.6 Å². The van der Waals surface area contributed by atoms with Gasteiger partial charge in [-0.25, -0.2) is 0 Å². The minimum atomic E-state index is -0.115. The Morgan fingerprint density at radius 1 is 0.609 bits per heavy atom. The Hall–Kier alpha value is -0.330. The molecular weight excluding hydrogens is 280 g/mol. The van der Waals surface area contributed by atoms with Crippen LogP contribution in [0.1, 0.15) is 113 Å². The number of ketones is 1. The fourth-order valence-electron chi connectivity index (χ4n) is 7.66. The Labute approximate surface area is 146 Å². The van der Waals surface area contributed by atoms with Gasteiger partial charge in [-0.1, -0.05) is 55.4 Å². The first-order chi connectivity index (χ1) is 10.9. The highest BCUT2D eigenvalue weighted by atomic mass is 16.1. The molecule has 0 heterocycles. The Bertz CT molecular complexity index is 390. The Morgan fingerprint density at radius 2 is 1.00 bits per heavy atom. The summed E-state index contributed by atoms with van der Waals surface area (Å²) in [6, 6.07) is 0. The summed E-state index contributed by atoms with van der Waals surface area (Å²) in [5, 5.41) is 0. The van der Waals surface area contributed by atoms with E-state index < -0.39 is 0 Å². The molecule has 136 valence electrons. The lowest BCUT2D eigenvalue weighted by Gasteiger charge is -2.70. The predicted molar refractivity (Wildman–Crippen MR) is 102 cm³/mol. The van der Waals surface area contributed by atoms with Gasteiger partial charge in [-0.3, -0.25) is 4.79 Å². The number of Topliss-reactive ketones (excluding diaryl/α,β-unsaturated/α-hetero) is 1. The fourth-order valence-corrected chi connectivity index (χ4v) is 7.66. The monoisotopic (exact) mass is 322 g/mol. The van der Waals surface area contributed by atoms with Crippen LogP contribution in [0.4, 0.5) is 0 Å². The molecule has 0 amide bonds. The highest BCUT2D eigenvalue weighted by molar-refractivity contribution is 5.88. The van der Waals surface area contributed by atoms with Crippen LogP contribution in [0.25, 0.3) is 0 Å². The molecule has 1 heteroatoms. The molecule has 0 aliphatic heterocycles. The zero-order valence-corrected chi connectivity index (χ0v) is 17.3. The van der Waals surface area contributed by atoms with Gasteiger partial charge in [-0.15, -0.1) is 0 Å². The molecular formula is C22H42O. The maximum atomic E-state index is 13.6. The molecule has 1 nitrogen and oxygen atoms in total. The van der Waals surface area contributed by atoms with Crippen molar-refractivity contribution in [2.45, 2.75) is 113 Å². The molecule has 0 radical (unpaired) electrons. The van der Waals surface area contributed by atoms with Gasteiger partial charge in [-0.2, -0.15) is 0 Å². The van der Waals surface area contributed by atoms with Crippen LogP contribution < -0.4 is 0 Å². The van der Waals surface area contributed by atoms with Gasteiger partial charge in [0.25, 0.3) is 0 Å². The van der Waals surface area contributed by atoms with Crippen molar-refractivity contribution in [3.05, 3.63) is 0 Å². The highest BCUT2D eigenvalue weighted by Gasteiger charge is 2.70. The van der Waals surface area contributed by atoms with Crippen molar-refractivity contribution < 1.29 is 4.79 Å². The molecule has 0 bridgehead atoms. The molecule has 0 atom stereocenters. The van der Waals surface area contributed by atoms with Gasteiger partial charge in [0.15, 0.2) is 0 Å². The number of carbonyl (C=O) groups excluding carboxylic acids is 1. The van der Waals surface area contributed by atoms with Crippen LogP contribution >= 0.6 is 0 Å². The second-order valence-corrected chi connectivity index (χ2v) is 7.96. The smallest absolute Gasteiger partial charge is 0.140 e. The summed E-state index contributed by atoms with van der Waals surface area (Å²) in [5.74, 6) is 0.576. The van der Waals surface area contributed by atoms with Gasteiger partial charge in [0.2, 0.25) is 0 Å². The van der Waals surface area contributed by atoms with Gasteiger partial charge in [0.1, 0.15) is 5.78 Å². The third kappa shape index (κ3) is 2.20. The van der Waals surface area contributed by atoms with E-state index in [1.54, 1.807) is 0 Å². The minimum absolute atomic E-state index is 0.115. The van der Waals surface area contributed by atoms with E-state index >= 15 is 0 Å².